The summed E-state index contributed by atoms with van der Waals surface area (Å²) in [6.07, 6.45) is 4.27. The number of unbranched alkanes of at least 4 members (excludes halogenated alkanes) is 1. The fraction of sp³-hybridized carbons (Fsp3) is 0.438. The van der Waals surface area contributed by atoms with Gasteiger partial charge in [0.15, 0.2) is 5.75 Å². The molecule has 1 atom stereocenters. The van der Waals surface area contributed by atoms with Gasteiger partial charge in [-0.2, -0.15) is 0 Å². The zero-order valence-electron chi connectivity index (χ0n) is 12.3. The van der Waals surface area contributed by atoms with Gasteiger partial charge in [-0.05, 0) is 48.0 Å². The maximum atomic E-state index is 6.10. The minimum Gasteiger partial charge on any atom is -0.486 e. The van der Waals surface area contributed by atoms with Crippen LogP contribution in [0.25, 0.3) is 10.9 Å². The van der Waals surface area contributed by atoms with E-state index in [4.69, 9.17) is 4.74 Å². The van der Waals surface area contributed by atoms with E-state index in [1.807, 2.05) is 18.2 Å². The van der Waals surface area contributed by atoms with Crippen LogP contribution in [0.5, 0.6) is 5.75 Å². The van der Waals surface area contributed by atoms with E-state index in [0.717, 1.165) is 38.7 Å². The van der Waals surface area contributed by atoms with Gasteiger partial charge in [0.05, 0.1) is 4.47 Å². The van der Waals surface area contributed by atoms with Crippen molar-refractivity contribution >= 4 is 42.8 Å². The molecule has 3 nitrogen and oxygen atoms in total. The van der Waals surface area contributed by atoms with E-state index >= 15 is 0 Å². The Morgan fingerprint density at radius 2 is 2.14 bits per heavy atom. The van der Waals surface area contributed by atoms with Gasteiger partial charge < -0.3 is 10.1 Å². The summed E-state index contributed by atoms with van der Waals surface area (Å²) in [5.74, 6) is 0.804. The van der Waals surface area contributed by atoms with Crippen LogP contribution in [0, 0.1) is 0 Å². The summed E-state index contributed by atoms with van der Waals surface area (Å²) in [4.78, 5) is 4.46. The van der Waals surface area contributed by atoms with Crippen molar-refractivity contribution in [2.24, 2.45) is 0 Å². The Labute approximate surface area is 142 Å². The Morgan fingerprint density at radius 3 is 2.90 bits per heavy atom. The van der Waals surface area contributed by atoms with E-state index in [9.17, 15) is 0 Å². The lowest BCUT2D eigenvalue weighted by Crippen LogP contribution is -2.29. The molecule has 0 aliphatic rings. The predicted molar refractivity (Wildman–Crippen MR) is 95.0 cm³/mol. The Kier molecular flexibility index (Phi) is 6.45. The SMILES string of the molecule is CCCCNCC(C)Oc1c(Br)cc(Br)c2cccnc12. The van der Waals surface area contributed by atoms with Gasteiger partial charge >= 0.3 is 0 Å². The molecule has 114 valence electrons. The van der Waals surface area contributed by atoms with Crippen LogP contribution in [-0.4, -0.2) is 24.2 Å². The lowest BCUT2D eigenvalue weighted by Gasteiger charge is -2.18. The van der Waals surface area contributed by atoms with Gasteiger partial charge in [-0.15, -0.1) is 0 Å². The Hall–Kier alpha value is -0.650. The first-order valence-corrected chi connectivity index (χ1v) is 8.82. The highest BCUT2D eigenvalue weighted by molar-refractivity contribution is 9.11. The van der Waals surface area contributed by atoms with Gasteiger partial charge in [0.2, 0.25) is 0 Å². The molecule has 1 N–H and O–H groups in total. The third-order valence-electron chi connectivity index (χ3n) is 3.21. The second-order valence-corrected chi connectivity index (χ2v) is 6.76. The first-order chi connectivity index (χ1) is 10.1. The second kappa shape index (κ2) is 8.11. The number of hydrogen-bond acceptors (Lipinski definition) is 3. The molecule has 0 fully saturated rings. The third-order valence-corrected chi connectivity index (χ3v) is 4.45. The summed E-state index contributed by atoms with van der Waals surface area (Å²) >= 11 is 7.14. The molecule has 1 heterocycles. The molecule has 0 aliphatic carbocycles. The summed E-state index contributed by atoms with van der Waals surface area (Å²) in [5, 5.41) is 4.47. The lowest BCUT2D eigenvalue weighted by molar-refractivity contribution is 0.218. The highest BCUT2D eigenvalue weighted by atomic mass is 79.9. The fourth-order valence-electron chi connectivity index (χ4n) is 2.11. The van der Waals surface area contributed by atoms with Crippen LogP contribution in [0.2, 0.25) is 0 Å². The molecule has 0 saturated heterocycles. The van der Waals surface area contributed by atoms with Crippen molar-refractivity contribution in [3.63, 3.8) is 0 Å². The lowest BCUT2D eigenvalue weighted by atomic mass is 10.2. The van der Waals surface area contributed by atoms with Gasteiger partial charge in [-0.25, -0.2) is 0 Å². The number of nitrogens with zero attached hydrogens (tertiary/aromatic N) is 1. The molecule has 0 saturated carbocycles. The Bertz CT molecular complexity index is 604. The zero-order valence-corrected chi connectivity index (χ0v) is 15.5. The number of halogens is 2. The third kappa shape index (κ3) is 4.41. The van der Waals surface area contributed by atoms with Crippen molar-refractivity contribution < 1.29 is 4.74 Å². The topological polar surface area (TPSA) is 34.1 Å². The number of hydrogen-bond donors (Lipinski definition) is 1. The number of aromatic nitrogens is 1. The highest BCUT2D eigenvalue weighted by Gasteiger charge is 2.14. The number of fused-ring (bicyclic) bond motifs is 1. The molecule has 0 aliphatic heterocycles. The van der Waals surface area contributed by atoms with E-state index in [1.165, 1.54) is 12.8 Å². The van der Waals surface area contributed by atoms with E-state index in [0.29, 0.717) is 0 Å². The number of benzene rings is 1. The van der Waals surface area contributed by atoms with Gasteiger partial charge in [-0.1, -0.05) is 35.3 Å². The number of pyridine rings is 1. The van der Waals surface area contributed by atoms with Crippen LogP contribution in [0.3, 0.4) is 0 Å². The molecule has 0 spiro atoms. The highest BCUT2D eigenvalue weighted by Crippen LogP contribution is 2.37. The first kappa shape index (κ1) is 16.7. The maximum absolute atomic E-state index is 6.10. The van der Waals surface area contributed by atoms with Crippen LogP contribution >= 0.6 is 31.9 Å². The quantitative estimate of drug-likeness (QED) is 0.651. The molecule has 2 aromatic rings. The first-order valence-electron chi connectivity index (χ1n) is 7.23. The van der Waals surface area contributed by atoms with Crippen molar-refractivity contribution in [1.82, 2.24) is 10.3 Å². The van der Waals surface area contributed by atoms with Gasteiger partial charge in [0.25, 0.3) is 0 Å². The van der Waals surface area contributed by atoms with Crippen molar-refractivity contribution in [2.75, 3.05) is 13.1 Å². The van der Waals surface area contributed by atoms with Crippen molar-refractivity contribution in [1.29, 1.82) is 0 Å². The van der Waals surface area contributed by atoms with Crippen molar-refractivity contribution in [3.05, 3.63) is 33.3 Å². The van der Waals surface area contributed by atoms with Crippen LogP contribution in [-0.2, 0) is 0 Å². The minimum absolute atomic E-state index is 0.0875. The molecular weight excluding hydrogens is 396 g/mol. The summed E-state index contributed by atoms with van der Waals surface area (Å²) in [7, 11) is 0. The molecular formula is C16H20Br2N2O. The molecule has 5 heteroatoms. The molecule has 1 aromatic heterocycles. The van der Waals surface area contributed by atoms with E-state index in [1.54, 1.807) is 6.20 Å². The number of rotatable bonds is 7. The molecule has 21 heavy (non-hydrogen) atoms. The van der Waals surface area contributed by atoms with Crippen LogP contribution < -0.4 is 10.1 Å². The monoisotopic (exact) mass is 414 g/mol. The standard InChI is InChI=1S/C16H20Br2N2O/c1-3-4-7-19-10-11(2)21-16-14(18)9-13(17)12-6-5-8-20-15(12)16/h5-6,8-9,11,19H,3-4,7,10H2,1-2H3. The summed E-state index contributed by atoms with van der Waals surface area (Å²) < 4.78 is 8.03. The van der Waals surface area contributed by atoms with E-state index in [-0.39, 0.29) is 6.10 Å². The predicted octanol–water partition coefficient (Wildman–Crippen LogP) is 4.92. The largest absolute Gasteiger partial charge is 0.486 e. The van der Waals surface area contributed by atoms with Crippen molar-refractivity contribution in [3.8, 4) is 5.75 Å². The normalized spacial score (nSPS) is 12.6. The average molecular weight is 416 g/mol. The van der Waals surface area contributed by atoms with Crippen LogP contribution in [0.4, 0.5) is 0 Å². The smallest absolute Gasteiger partial charge is 0.160 e. The molecule has 0 bridgehead atoms. The summed E-state index contributed by atoms with van der Waals surface area (Å²) in [6, 6.07) is 5.98. The summed E-state index contributed by atoms with van der Waals surface area (Å²) in [5.41, 5.74) is 0.874. The average Bonchev–Trinajstić information content (AvgIpc) is 2.48. The van der Waals surface area contributed by atoms with E-state index < -0.39 is 0 Å². The van der Waals surface area contributed by atoms with Gasteiger partial charge in [-0.3, -0.25) is 4.98 Å². The van der Waals surface area contributed by atoms with Gasteiger partial charge in [0, 0.05) is 22.6 Å². The number of ether oxygens (including phenoxy) is 1. The molecule has 0 radical (unpaired) electrons. The molecule has 1 aromatic carbocycles. The molecule has 2 rings (SSSR count). The maximum Gasteiger partial charge on any atom is 0.160 e. The van der Waals surface area contributed by atoms with Crippen LogP contribution in [0.15, 0.2) is 33.3 Å². The Morgan fingerprint density at radius 1 is 1.33 bits per heavy atom. The fourth-order valence-corrected chi connectivity index (χ4v) is 3.47. The Balaban J connectivity index is 2.14. The molecule has 1 unspecified atom stereocenters. The van der Waals surface area contributed by atoms with Crippen LogP contribution in [0.1, 0.15) is 26.7 Å². The van der Waals surface area contributed by atoms with Crippen molar-refractivity contribution in [2.45, 2.75) is 32.8 Å². The van der Waals surface area contributed by atoms with E-state index in [2.05, 4.69) is 56.0 Å². The number of nitrogens with one attached hydrogen (secondary N) is 1. The minimum atomic E-state index is 0.0875. The summed E-state index contributed by atoms with van der Waals surface area (Å²) in [6.45, 7) is 6.13. The zero-order chi connectivity index (χ0) is 15.2. The second-order valence-electron chi connectivity index (χ2n) is 5.06. The molecule has 0 amide bonds. The van der Waals surface area contributed by atoms with Gasteiger partial charge in [0.1, 0.15) is 11.6 Å².